The van der Waals surface area contributed by atoms with Crippen LogP contribution in [-0.2, 0) is 14.9 Å². The Morgan fingerprint density at radius 2 is 1.39 bits per heavy atom. The minimum Gasteiger partial charge on any atom is -0.299 e. The van der Waals surface area contributed by atoms with E-state index in [-0.39, 0.29) is 34.7 Å². The summed E-state index contributed by atoms with van der Waals surface area (Å²) in [6.07, 6.45) is 2.34. The van der Waals surface area contributed by atoms with E-state index in [1.807, 2.05) is 78.9 Å². The van der Waals surface area contributed by atoms with Crippen LogP contribution in [0.1, 0.15) is 53.6 Å². The highest BCUT2D eigenvalue weighted by Crippen LogP contribution is 2.76. The molecule has 3 aliphatic rings. The second kappa shape index (κ2) is 9.09. The molecule has 6 heteroatoms. The Hall–Kier alpha value is -3.09. The van der Waals surface area contributed by atoms with Gasteiger partial charge in [0.05, 0.1) is 11.2 Å². The quantitative estimate of drug-likeness (QED) is 0.363. The zero-order valence-corrected chi connectivity index (χ0v) is 21.0. The lowest BCUT2D eigenvalue weighted by molar-refractivity contribution is -0.135. The van der Waals surface area contributed by atoms with Gasteiger partial charge in [-0.1, -0.05) is 97.9 Å². The highest BCUT2D eigenvalue weighted by atomic mass is 32.2. The zero-order chi connectivity index (χ0) is 25.6. The van der Waals surface area contributed by atoms with Crippen LogP contribution in [0.5, 0.6) is 0 Å². The van der Waals surface area contributed by atoms with Crippen LogP contribution in [0.25, 0.3) is 0 Å². The Labute approximate surface area is 212 Å². The van der Waals surface area contributed by atoms with Gasteiger partial charge in [-0.05, 0) is 42.1 Å². The average molecular weight is 503 g/mol. The fourth-order valence-electron chi connectivity index (χ4n) is 7.23. The molecule has 0 radical (unpaired) electrons. The second-order valence-corrected chi connectivity index (χ2v) is 12.0. The average Bonchev–Trinajstić information content (AvgIpc) is 3.40. The number of hydrogen-bond acceptors (Lipinski definition) is 4. The van der Waals surface area contributed by atoms with Crippen molar-refractivity contribution in [2.75, 3.05) is 5.75 Å². The molecule has 1 N–H and O–H groups in total. The normalized spacial score (nSPS) is 30.1. The van der Waals surface area contributed by atoms with Crippen LogP contribution in [0, 0.1) is 22.7 Å². The molecular weight excluding hydrogens is 472 g/mol. The van der Waals surface area contributed by atoms with Gasteiger partial charge in [0.2, 0.25) is 0 Å². The maximum atomic E-state index is 13.0. The molecule has 36 heavy (non-hydrogen) atoms. The molecule has 0 aromatic heterocycles. The van der Waals surface area contributed by atoms with E-state index in [0.717, 1.165) is 24.0 Å². The second-order valence-electron chi connectivity index (χ2n) is 10.5. The molecule has 5 nitrogen and oxygen atoms in total. The van der Waals surface area contributed by atoms with E-state index in [0.29, 0.717) is 6.42 Å². The van der Waals surface area contributed by atoms with Gasteiger partial charge in [0.25, 0.3) is 10.1 Å². The summed E-state index contributed by atoms with van der Waals surface area (Å²) >= 11 is 0. The van der Waals surface area contributed by atoms with Gasteiger partial charge in [-0.15, -0.1) is 0 Å². The Bertz CT molecular complexity index is 1330. The molecule has 0 heterocycles. The maximum absolute atomic E-state index is 13.0. The summed E-state index contributed by atoms with van der Waals surface area (Å²) in [4.78, 5) is 24.9. The van der Waals surface area contributed by atoms with Gasteiger partial charge in [-0.2, -0.15) is 8.42 Å². The minimum absolute atomic E-state index is 0.0731. The molecule has 5 unspecified atom stereocenters. The topological polar surface area (TPSA) is 88.5 Å². The van der Waals surface area contributed by atoms with Crippen molar-refractivity contribution < 1.29 is 22.6 Å². The third-order valence-corrected chi connectivity index (χ3v) is 9.67. The molecule has 3 saturated carbocycles. The van der Waals surface area contributed by atoms with Crippen LogP contribution >= 0.6 is 0 Å². The smallest absolute Gasteiger partial charge is 0.265 e. The van der Waals surface area contributed by atoms with Crippen LogP contribution in [-0.4, -0.2) is 30.3 Å². The standard InChI is InChI=1S/C17H20O4S.C13H10O/c1-16-9-12(11-5-3-2-4-6-11)14-13(16)7-8-17(16,15(14)18)10-22(19,20)21;14-13(11-7-3-1-4-8-11)12-9-5-2-6-10-12/h2-6,12-14H,7-10H2,1H3,(H,19,20,21);1-10H. The van der Waals surface area contributed by atoms with E-state index in [2.05, 4.69) is 19.1 Å². The van der Waals surface area contributed by atoms with Gasteiger partial charge in [0, 0.05) is 17.0 Å². The Morgan fingerprint density at radius 1 is 0.889 bits per heavy atom. The Balaban J connectivity index is 0.000000165. The monoisotopic (exact) mass is 502 g/mol. The fraction of sp³-hybridized carbons (Fsp3) is 0.333. The van der Waals surface area contributed by atoms with Crippen molar-refractivity contribution >= 4 is 21.7 Å². The molecule has 0 saturated heterocycles. The van der Waals surface area contributed by atoms with Crippen LogP contribution in [0.3, 0.4) is 0 Å². The molecule has 0 spiro atoms. The Kier molecular flexibility index (Phi) is 6.21. The molecule has 6 rings (SSSR count). The number of benzene rings is 3. The van der Waals surface area contributed by atoms with Gasteiger partial charge >= 0.3 is 0 Å². The third kappa shape index (κ3) is 4.02. The van der Waals surface area contributed by atoms with Crippen LogP contribution in [0.15, 0.2) is 91.0 Å². The van der Waals surface area contributed by atoms with Crippen LogP contribution < -0.4 is 0 Å². The third-order valence-electron chi connectivity index (χ3n) is 8.81. The summed E-state index contributed by atoms with van der Waals surface area (Å²) in [7, 11) is -4.15. The van der Waals surface area contributed by atoms with Crippen LogP contribution in [0.2, 0.25) is 0 Å². The molecule has 4 bridgehead atoms. The predicted octanol–water partition coefficient (Wildman–Crippen LogP) is 5.58. The molecule has 0 aliphatic heterocycles. The lowest BCUT2D eigenvalue weighted by atomic mass is 9.61. The molecule has 3 aliphatic carbocycles. The van der Waals surface area contributed by atoms with Crippen LogP contribution in [0.4, 0.5) is 0 Å². The highest BCUT2D eigenvalue weighted by Gasteiger charge is 2.76. The van der Waals surface area contributed by atoms with Gasteiger partial charge in [0.1, 0.15) is 5.78 Å². The number of Topliss-reactive ketones (excluding diaryl/α,β-unsaturated/α-hetero) is 1. The number of carbonyl (C=O) groups excluding carboxylic acids is 2. The lowest BCUT2D eigenvalue weighted by Gasteiger charge is -2.42. The molecule has 3 aromatic carbocycles. The first-order valence-electron chi connectivity index (χ1n) is 12.4. The molecule has 3 aromatic rings. The maximum Gasteiger partial charge on any atom is 0.265 e. The van der Waals surface area contributed by atoms with E-state index in [9.17, 15) is 22.6 Å². The van der Waals surface area contributed by atoms with Crippen molar-refractivity contribution in [1.82, 2.24) is 0 Å². The number of hydrogen-bond donors (Lipinski definition) is 1. The van der Waals surface area contributed by atoms with Gasteiger partial charge in [0.15, 0.2) is 5.78 Å². The summed E-state index contributed by atoms with van der Waals surface area (Å²) in [6, 6.07) is 28.7. The van der Waals surface area contributed by atoms with Crippen molar-refractivity contribution in [3.8, 4) is 0 Å². The first kappa shape index (κ1) is 24.6. The molecule has 0 amide bonds. The summed E-state index contributed by atoms with van der Waals surface area (Å²) in [6.45, 7) is 2.07. The van der Waals surface area contributed by atoms with Gasteiger partial charge in [-0.25, -0.2) is 0 Å². The number of carbonyl (C=O) groups is 2. The SMILES string of the molecule is CC12CC(c3ccccc3)C3C(=O)C1(CS(=O)(=O)O)CCC32.O=C(c1ccccc1)c1ccccc1. The zero-order valence-electron chi connectivity index (χ0n) is 20.2. The molecule has 3 fully saturated rings. The number of ketones is 2. The van der Waals surface area contributed by atoms with E-state index >= 15 is 0 Å². The highest BCUT2D eigenvalue weighted by molar-refractivity contribution is 7.85. The van der Waals surface area contributed by atoms with Crippen molar-refractivity contribution in [2.24, 2.45) is 22.7 Å². The summed E-state index contributed by atoms with van der Waals surface area (Å²) < 4.78 is 32.3. The molecular formula is C30H30O5S. The largest absolute Gasteiger partial charge is 0.299 e. The van der Waals surface area contributed by atoms with E-state index in [4.69, 9.17) is 0 Å². The Morgan fingerprint density at radius 3 is 1.86 bits per heavy atom. The van der Waals surface area contributed by atoms with E-state index in [1.165, 1.54) is 5.56 Å². The fourth-order valence-corrected chi connectivity index (χ4v) is 8.47. The summed E-state index contributed by atoms with van der Waals surface area (Å²) in [5, 5.41) is 0. The van der Waals surface area contributed by atoms with Crippen molar-refractivity contribution in [3.05, 3.63) is 108 Å². The van der Waals surface area contributed by atoms with E-state index in [1.54, 1.807) is 0 Å². The van der Waals surface area contributed by atoms with Crippen molar-refractivity contribution in [2.45, 2.75) is 32.1 Å². The van der Waals surface area contributed by atoms with Gasteiger partial charge in [-0.3, -0.25) is 14.1 Å². The lowest BCUT2D eigenvalue weighted by Crippen LogP contribution is -2.48. The molecule has 186 valence electrons. The summed E-state index contributed by atoms with van der Waals surface area (Å²) in [5.74, 6) is 0.118. The molecule has 5 atom stereocenters. The number of rotatable bonds is 5. The van der Waals surface area contributed by atoms with Crippen molar-refractivity contribution in [3.63, 3.8) is 0 Å². The first-order chi connectivity index (χ1) is 17.2. The predicted molar refractivity (Wildman–Crippen MR) is 138 cm³/mol. The minimum atomic E-state index is -4.15. The van der Waals surface area contributed by atoms with Gasteiger partial charge < -0.3 is 0 Å². The first-order valence-corrected chi connectivity index (χ1v) is 14.0. The van der Waals surface area contributed by atoms with E-state index < -0.39 is 21.3 Å². The van der Waals surface area contributed by atoms with Crippen molar-refractivity contribution in [1.29, 1.82) is 0 Å². The summed E-state index contributed by atoms with van der Waals surface area (Å²) in [5.41, 5.74) is 1.49.